The van der Waals surface area contributed by atoms with E-state index in [0.717, 1.165) is 51.3 Å². The molecule has 1 spiro atoms. The average Bonchev–Trinajstić information content (AvgIpc) is 3.02. The molecular formula is C19H24N2O2S. The van der Waals surface area contributed by atoms with Crippen LogP contribution >= 0.6 is 11.3 Å². The first-order valence-corrected chi connectivity index (χ1v) is 9.51. The zero-order chi connectivity index (χ0) is 16.6. The van der Waals surface area contributed by atoms with Crippen molar-refractivity contribution in [3.8, 4) is 5.75 Å². The summed E-state index contributed by atoms with van der Waals surface area (Å²) in [4.78, 5) is 8.29. The Labute approximate surface area is 147 Å². The summed E-state index contributed by atoms with van der Waals surface area (Å²) in [6.45, 7) is 6.08. The van der Waals surface area contributed by atoms with Gasteiger partial charge in [-0.2, -0.15) is 0 Å². The van der Waals surface area contributed by atoms with Crippen LogP contribution in [0.5, 0.6) is 5.75 Å². The van der Waals surface area contributed by atoms with Crippen molar-refractivity contribution in [3.63, 3.8) is 0 Å². The van der Waals surface area contributed by atoms with Crippen molar-refractivity contribution in [1.29, 1.82) is 0 Å². The molecule has 1 aromatic carbocycles. The average molecular weight is 344 g/mol. The van der Waals surface area contributed by atoms with Crippen molar-refractivity contribution in [2.24, 2.45) is 0 Å². The first-order chi connectivity index (χ1) is 11.7. The zero-order valence-corrected chi connectivity index (χ0v) is 15.2. The number of ether oxygens (including phenoxy) is 2. The van der Waals surface area contributed by atoms with E-state index in [1.54, 1.807) is 18.4 Å². The fraction of sp³-hybridized carbons (Fsp3) is 0.526. The molecule has 2 aromatic rings. The maximum absolute atomic E-state index is 6.34. The summed E-state index contributed by atoms with van der Waals surface area (Å²) in [5.41, 5.74) is 5.80. The number of likely N-dealkylation sites (tertiary alicyclic amines) is 1. The Balaban J connectivity index is 1.50. The number of piperidine rings is 1. The molecule has 2 aliphatic heterocycles. The number of rotatable bonds is 3. The van der Waals surface area contributed by atoms with Crippen LogP contribution in [0.15, 0.2) is 23.7 Å². The number of methoxy groups -OCH3 is 1. The van der Waals surface area contributed by atoms with Crippen LogP contribution in [0.25, 0.3) is 0 Å². The van der Waals surface area contributed by atoms with E-state index in [-0.39, 0.29) is 5.60 Å². The Morgan fingerprint density at radius 1 is 1.33 bits per heavy atom. The smallest absolute Gasteiger partial charge is 0.119 e. The monoisotopic (exact) mass is 344 g/mol. The van der Waals surface area contributed by atoms with E-state index in [0.29, 0.717) is 0 Å². The van der Waals surface area contributed by atoms with Gasteiger partial charge in [0.25, 0.3) is 0 Å². The highest BCUT2D eigenvalue weighted by Crippen LogP contribution is 2.42. The minimum atomic E-state index is -0.0981. The number of aromatic nitrogens is 1. The SMILES string of the molecule is COc1ccc2c(c1)CCOC21CCN(Cc2scnc2C)CC1. The van der Waals surface area contributed by atoms with Crippen LogP contribution in [0.4, 0.5) is 0 Å². The summed E-state index contributed by atoms with van der Waals surface area (Å²) in [6.07, 6.45) is 3.10. The number of benzene rings is 1. The van der Waals surface area contributed by atoms with E-state index in [9.17, 15) is 0 Å². The zero-order valence-electron chi connectivity index (χ0n) is 14.4. The van der Waals surface area contributed by atoms with Gasteiger partial charge in [-0.1, -0.05) is 6.07 Å². The van der Waals surface area contributed by atoms with Gasteiger partial charge in [0, 0.05) is 24.5 Å². The van der Waals surface area contributed by atoms with Gasteiger partial charge in [0.15, 0.2) is 0 Å². The summed E-state index contributed by atoms with van der Waals surface area (Å²) in [5.74, 6) is 0.948. The standard InChI is InChI=1S/C19H24N2O2S/c1-14-18(24-13-20-14)12-21-8-6-19(7-9-21)17-4-3-16(22-2)11-15(17)5-10-23-19/h3-4,11,13H,5-10,12H2,1-2H3. The molecule has 2 aliphatic rings. The van der Waals surface area contributed by atoms with E-state index in [1.807, 2.05) is 5.51 Å². The summed E-state index contributed by atoms with van der Waals surface area (Å²) < 4.78 is 11.7. The highest BCUT2D eigenvalue weighted by Gasteiger charge is 2.40. The van der Waals surface area contributed by atoms with Gasteiger partial charge in [-0.15, -0.1) is 11.3 Å². The molecule has 0 unspecified atom stereocenters. The van der Waals surface area contributed by atoms with E-state index in [4.69, 9.17) is 9.47 Å². The summed E-state index contributed by atoms with van der Waals surface area (Å²) in [6, 6.07) is 6.48. The van der Waals surface area contributed by atoms with Crippen molar-refractivity contribution in [2.75, 3.05) is 26.8 Å². The third-order valence-electron chi connectivity index (χ3n) is 5.43. The van der Waals surface area contributed by atoms with Gasteiger partial charge >= 0.3 is 0 Å². The number of hydrogen-bond acceptors (Lipinski definition) is 5. The lowest BCUT2D eigenvalue weighted by Crippen LogP contribution is -2.46. The largest absolute Gasteiger partial charge is 0.497 e. The predicted octanol–water partition coefficient (Wildman–Crippen LogP) is 3.52. The van der Waals surface area contributed by atoms with Crippen LogP contribution in [0.2, 0.25) is 0 Å². The third kappa shape index (κ3) is 2.85. The Kier molecular flexibility index (Phi) is 4.33. The molecule has 4 nitrogen and oxygen atoms in total. The number of thiazole rings is 1. The lowest BCUT2D eigenvalue weighted by molar-refractivity contribution is -0.0988. The van der Waals surface area contributed by atoms with Crippen molar-refractivity contribution in [3.05, 3.63) is 45.4 Å². The number of nitrogens with zero attached hydrogens (tertiary/aromatic N) is 2. The maximum Gasteiger partial charge on any atom is 0.119 e. The molecule has 24 heavy (non-hydrogen) atoms. The van der Waals surface area contributed by atoms with Crippen LogP contribution in [-0.2, 0) is 23.3 Å². The summed E-state index contributed by atoms with van der Waals surface area (Å²) in [7, 11) is 1.73. The summed E-state index contributed by atoms with van der Waals surface area (Å²) in [5, 5.41) is 0. The first kappa shape index (κ1) is 16.1. The molecule has 1 saturated heterocycles. The van der Waals surface area contributed by atoms with Crippen molar-refractivity contribution >= 4 is 11.3 Å². The molecule has 128 valence electrons. The quantitative estimate of drug-likeness (QED) is 0.853. The van der Waals surface area contributed by atoms with Gasteiger partial charge < -0.3 is 9.47 Å². The van der Waals surface area contributed by atoms with Crippen molar-refractivity contribution in [1.82, 2.24) is 9.88 Å². The van der Waals surface area contributed by atoms with E-state index < -0.39 is 0 Å². The topological polar surface area (TPSA) is 34.6 Å². The van der Waals surface area contributed by atoms with Gasteiger partial charge in [-0.05, 0) is 49.4 Å². The molecule has 0 N–H and O–H groups in total. The second kappa shape index (κ2) is 6.47. The maximum atomic E-state index is 6.34. The molecule has 0 atom stereocenters. The van der Waals surface area contributed by atoms with Gasteiger partial charge in [-0.25, -0.2) is 4.98 Å². The highest BCUT2D eigenvalue weighted by molar-refractivity contribution is 7.09. The lowest BCUT2D eigenvalue weighted by Gasteiger charge is -2.45. The molecular weight excluding hydrogens is 320 g/mol. The molecule has 3 heterocycles. The minimum absolute atomic E-state index is 0.0981. The van der Waals surface area contributed by atoms with Crippen LogP contribution in [0.1, 0.15) is 34.5 Å². The fourth-order valence-electron chi connectivity index (χ4n) is 3.95. The molecule has 0 saturated carbocycles. The van der Waals surface area contributed by atoms with E-state index >= 15 is 0 Å². The van der Waals surface area contributed by atoms with Crippen LogP contribution in [0.3, 0.4) is 0 Å². The minimum Gasteiger partial charge on any atom is -0.497 e. The molecule has 0 bridgehead atoms. The predicted molar refractivity (Wildman–Crippen MR) is 95.7 cm³/mol. The normalized spacial score (nSPS) is 20.1. The Morgan fingerprint density at radius 3 is 2.88 bits per heavy atom. The van der Waals surface area contributed by atoms with E-state index in [2.05, 4.69) is 35.0 Å². The number of hydrogen-bond donors (Lipinski definition) is 0. The van der Waals surface area contributed by atoms with Gasteiger partial charge in [0.05, 0.1) is 30.5 Å². The van der Waals surface area contributed by atoms with Gasteiger partial charge in [-0.3, -0.25) is 4.90 Å². The Hall–Kier alpha value is -1.43. The molecule has 0 amide bonds. The van der Waals surface area contributed by atoms with Crippen LogP contribution in [-0.4, -0.2) is 36.7 Å². The van der Waals surface area contributed by atoms with Crippen LogP contribution in [0, 0.1) is 6.92 Å². The highest BCUT2D eigenvalue weighted by atomic mass is 32.1. The first-order valence-electron chi connectivity index (χ1n) is 8.63. The second-order valence-corrected chi connectivity index (χ2v) is 7.69. The lowest BCUT2D eigenvalue weighted by atomic mass is 9.79. The number of aryl methyl sites for hydroxylation is 1. The molecule has 0 radical (unpaired) electrons. The summed E-state index contributed by atoms with van der Waals surface area (Å²) >= 11 is 1.77. The molecule has 0 aliphatic carbocycles. The molecule has 1 fully saturated rings. The van der Waals surface area contributed by atoms with Crippen molar-refractivity contribution in [2.45, 2.75) is 38.3 Å². The fourth-order valence-corrected chi connectivity index (χ4v) is 4.77. The molecule has 1 aromatic heterocycles. The van der Waals surface area contributed by atoms with E-state index in [1.165, 1.54) is 21.7 Å². The van der Waals surface area contributed by atoms with Crippen LogP contribution < -0.4 is 4.74 Å². The van der Waals surface area contributed by atoms with Crippen molar-refractivity contribution < 1.29 is 9.47 Å². The Morgan fingerprint density at radius 2 is 2.17 bits per heavy atom. The Bertz CT molecular complexity index is 720. The second-order valence-electron chi connectivity index (χ2n) is 6.75. The van der Waals surface area contributed by atoms with Gasteiger partial charge in [0.1, 0.15) is 5.75 Å². The third-order valence-corrected chi connectivity index (χ3v) is 6.35. The van der Waals surface area contributed by atoms with Gasteiger partial charge in [0.2, 0.25) is 0 Å². The molecule has 5 heteroatoms. The molecule has 4 rings (SSSR count). The number of fused-ring (bicyclic) bond motifs is 2.